The van der Waals surface area contributed by atoms with E-state index in [-0.39, 0.29) is 11.9 Å². The molecular formula is C8H14O2S. The Hall–Kier alpha value is -0.180. The third kappa shape index (κ3) is 3.14. The number of ether oxygens (including phenoxy) is 1. The number of rotatable bonds is 4. The summed E-state index contributed by atoms with van der Waals surface area (Å²) in [5.74, 6) is 0.890. The zero-order valence-corrected chi connectivity index (χ0v) is 7.82. The highest BCUT2D eigenvalue weighted by atomic mass is 32.2. The summed E-state index contributed by atoms with van der Waals surface area (Å²) in [6.45, 7) is 1.92. The molecule has 0 saturated heterocycles. The Balaban J connectivity index is 2.08. The summed E-state index contributed by atoms with van der Waals surface area (Å²) >= 11 is 1.89. The minimum atomic E-state index is -0.0850. The van der Waals surface area contributed by atoms with Crippen LogP contribution in [0.25, 0.3) is 0 Å². The fourth-order valence-corrected chi connectivity index (χ4v) is 1.95. The Morgan fingerprint density at radius 1 is 1.73 bits per heavy atom. The molecule has 1 fully saturated rings. The molecule has 0 amide bonds. The molecule has 0 aliphatic heterocycles. The zero-order valence-electron chi connectivity index (χ0n) is 7.00. The Bertz CT molecular complexity index is 143. The maximum Gasteiger partial charge on any atom is 0.309 e. The van der Waals surface area contributed by atoms with Crippen molar-refractivity contribution in [2.75, 3.05) is 12.9 Å². The number of hydrogen-bond donors (Lipinski definition) is 0. The average molecular weight is 174 g/mol. The van der Waals surface area contributed by atoms with Gasteiger partial charge >= 0.3 is 5.97 Å². The summed E-state index contributed by atoms with van der Waals surface area (Å²) < 4.78 is 4.61. The first-order valence-corrected chi connectivity index (χ1v) is 4.98. The van der Waals surface area contributed by atoms with E-state index in [1.54, 1.807) is 0 Å². The molecule has 0 spiro atoms. The van der Waals surface area contributed by atoms with Gasteiger partial charge in [0.05, 0.1) is 13.0 Å². The molecule has 2 nitrogen and oxygen atoms in total. The van der Waals surface area contributed by atoms with Gasteiger partial charge in [0.15, 0.2) is 0 Å². The summed E-state index contributed by atoms with van der Waals surface area (Å²) in [7, 11) is 1.45. The van der Waals surface area contributed by atoms with Gasteiger partial charge in [0.1, 0.15) is 0 Å². The van der Waals surface area contributed by atoms with Crippen molar-refractivity contribution in [1.82, 2.24) is 0 Å². The van der Waals surface area contributed by atoms with Gasteiger partial charge in [-0.1, -0.05) is 6.92 Å². The Kier molecular flexibility index (Phi) is 3.24. The van der Waals surface area contributed by atoms with Crippen LogP contribution in [-0.2, 0) is 9.53 Å². The first kappa shape index (κ1) is 8.91. The first-order chi connectivity index (χ1) is 5.24. The molecule has 0 radical (unpaired) electrons. The number of hydrogen-bond acceptors (Lipinski definition) is 3. The minimum Gasteiger partial charge on any atom is -0.469 e. The van der Waals surface area contributed by atoms with E-state index in [0.717, 1.165) is 11.0 Å². The van der Waals surface area contributed by atoms with Crippen molar-refractivity contribution in [3.05, 3.63) is 0 Å². The highest BCUT2D eigenvalue weighted by Gasteiger charge is 2.24. The van der Waals surface area contributed by atoms with Gasteiger partial charge in [-0.2, -0.15) is 11.8 Å². The number of esters is 1. The van der Waals surface area contributed by atoms with Gasteiger partial charge < -0.3 is 4.74 Å². The van der Waals surface area contributed by atoms with Gasteiger partial charge in [-0.25, -0.2) is 0 Å². The van der Waals surface area contributed by atoms with Gasteiger partial charge in [-0.15, -0.1) is 0 Å². The molecule has 1 aliphatic carbocycles. The molecule has 1 unspecified atom stereocenters. The van der Waals surface area contributed by atoms with Gasteiger partial charge in [0.2, 0.25) is 0 Å². The predicted molar refractivity (Wildman–Crippen MR) is 46.7 cm³/mol. The standard InChI is InChI=1S/C8H14O2S/c1-6(8(9)10-2)5-11-7-3-4-7/h6-7H,3-5H2,1-2H3. The van der Waals surface area contributed by atoms with E-state index in [1.807, 2.05) is 18.7 Å². The maximum atomic E-state index is 10.9. The molecule has 0 heterocycles. The van der Waals surface area contributed by atoms with Crippen LogP contribution in [0.4, 0.5) is 0 Å². The van der Waals surface area contributed by atoms with Crippen molar-refractivity contribution in [1.29, 1.82) is 0 Å². The quantitative estimate of drug-likeness (QED) is 0.607. The lowest BCUT2D eigenvalue weighted by atomic mass is 10.2. The van der Waals surface area contributed by atoms with E-state index in [0.29, 0.717) is 0 Å². The fourth-order valence-electron chi connectivity index (χ4n) is 0.784. The van der Waals surface area contributed by atoms with E-state index in [1.165, 1.54) is 20.0 Å². The molecule has 1 rings (SSSR count). The summed E-state index contributed by atoms with van der Waals surface area (Å²) in [6, 6.07) is 0. The van der Waals surface area contributed by atoms with Gasteiger partial charge in [-0.3, -0.25) is 4.79 Å². The van der Waals surface area contributed by atoms with Gasteiger partial charge in [-0.05, 0) is 12.8 Å². The third-order valence-electron chi connectivity index (χ3n) is 1.71. The first-order valence-electron chi connectivity index (χ1n) is 3.93. The van der Waals surface area contributed by atoms with Gasteiger partial charge in [0, 0.05) is 11.0 Å². The molecule has 64 valence electrons. The molecule has 3 heteroatoms. The summed E-state index contributed by atoms with van der Waals surface area (Å²) in [6.07, 6.45) is 2.66. The second-order valence-electron chi connectivity index (χ2n) is 2.96. The molecular weight excluding hydrogens is 160 g/mol. The summed E-state index contributed by atoms with van der Waals surface area (Å²) in [5, 5.41) is 0.835. The molecule has 0 aromatic heterocycles. The number of methoxy groups -OCH3 is 1. The average Bonchev–Trinajstić information content (AvgIpc) is 2.81. The molecule has 1 saturated carbocycles. The van der Waals surface area contributed by atoms with Crippen LogP contribution < -0.4 is 0 Å². The van der Waals surface area contributed by atoms with Crippen LogP contribution in [0.1, 0.15) is 19.8 Å². The molecule has 1 atom stereocenters. The molecule has 11 heavy (non-hydrogen) atoms. The minimum absolute atomic E-state index is 0.0607. The lowest BCUT2D eigenvalue weighted by Gasteiger charge is -2.06. The summed E-state index contributed by atoms with van der Waals surface area (Å²) in [4.78, 5) is 10.9. The lowest BCUT2D eigenvalue weighted by molar-refractivity contribution is -0.143. The largest absolute Gasteiger partial charge is 0.469 e. The van der Waals surface area contributed by atoms with E-state index in [2.05, 4.69) is 4.74 Å². The van der Waals surface area contributed by atoms with Crippen LogP contribution in [0.5, 0.6) is 0 Å². The highest BCUT2D eigenvalue weighted by molar-refractivity contribution is 8.00. The van der Waals surface area contributed by atoms with E-state index < -0.39 is 0 Å². The maximum absolute atomic E-state index is 10.9. The molecule has 0 N–H and O–H groups in total. The van der Waals surface area contributed by atoms with Crippen LogP contribution in [0.15, 0.2) is 0 Å². The number of thioether (sulfide) groups is 1. The summed E-state index contributed by atoms with van der Waals surface area (Å²) in [5.41, 5.74) is 0. The van der Waals surface area contributed by atoms with Crippen molar-refractivity contribution < 1.29 is 9.53 Å². The van der Waals surface area contributed by atoms with Crippen molar-refractivity contribution in [2.45, 2.75) is 25.0 Å². The normalized spacial score (nSPS) is 19.5. The fraction of sp³-hybridized carbons (Fsp3) is 0.875. The van der Waals surface area contributed by atoms with Crippen LogP contribution in [0, 0.1) is 5.92 Å². The van der Waals surface area contributed by atoms with Crippen LogP contribution >= 0.6 is 11.8 Å². The molecule has 0 aromatic rings. The van der Waals surface area contributed by atoms with E-state index in [4.69, 9.17) is 0 Å². The van der Waals surface area contributed by atoms with Gasteiger partial charge in [0.25, 0.3) is 0 Å². The number of carbonyl (C=O) groups excluding carboxylic acids is 1. The Morgan fingerprint density at radius 3 is 2.82 bits per heavy atom. The van der Waals surface area contributed by atoms with Crippen molar-refractivity contribution in [3.63, 3.8) is 0 Å². The third-order valence-corrected chi connectivity index (χ3v) is 3.35. The van der Waals surface area contributed by atoms with Crippen LogP contribution in [-0.4, -0.2) is 24.1 Å². The zero-order chi connectivity index (χ0) is 8.27. The lowest BCUT2D eigenvalue weighted by Crippen LogP contribution is -2.15. The highest BCUT2D eigenvalue weighted by Crippen LogP contribution is 2.34. The Labute approximate surface area is 71.7 Å². The van der Waals surface area contributed by atoms with E-state index >= 15 is 0 Å². The van der Waals surface area contributed by atoms with Crippen molar-refractivity contribution >= 4 is 17.7 Å². The monoisotopic (exact) mass is 174 g/mol. The van der Waals surface area contributed by atoms with Crippen molar-refractivity contribution in [2.24, 2.45) is 5.92 Å². The second kappa shape index (κ2) is 4.00. The topological polar surface area (TPSA) is 26.3 Å². The molecule has 0 bridgehead atoms. The number of carbonyl (C=O) groups is 1. The molecule has 1 aliphatic rings. The molecule has 0 aromatic carbocycles. The second-order valence-corrected chi connectivity index (χ2v) is 4.29. The van der Waals surface area contributed by atoms with Crippen LogP contribution in [0.3, 0.4) is 0 Å². The smallest absolute Gasteiger partial charge is 0.309 e. The SMILES string of the molecule is COC(=O)C(C)CSC1CC1. The Morgan fingerprint density at radius 2 is 2.36 bits per heavy atom. The predicted octanol–water partition coefficient (Wildman–Crippen LogP) is 1.69. The van der Waals surface area contributed by atoms with E-state index in [9.17, 15) is 4.79 Å². The van der Waals surface area contributed by atoms with Crippen molar-refractivity contribution in [3.8, 4) is 0 Å². The van der Waals surface area contributed by atoms with Crippen LogP contribution in [0.2, 0.25) is 0 Å².